The molecule has 0 radical (unpaired) electrons. The fourth-order valence-corrected chi connectivity index (χ4v) is 3.75. The lowest BCUT2D eigenvalue weighted by atomic mass is 10.1. The predicted molar refractivity (Wildman–Crippen MR) is 121 cm³/mol. The SMILES string of the molecule is CCN(Cc1cccc2c1OCCO2)C(=O)c1ccc(OCc2c(C)noc2C)c(OC)c1. The van der Waals surface area contributed by atoms with E-state index >= 15 is 0 Å². The summed E-state index contributed by atoms with van der Waals surface area (Å²) in [6.07, 6.45) is 0. The van der Waals surface area contributed by atoms with Crippen molar-refractivity contribution < 1.29 is 28.3 Å². The second-order valence-corrected chi connectivity index (χ2v) is 7.72. The second kappa shape index (κ2) is 9.85. The Kier molecular flexibility index (Phi) is 6.72. The molecule has 0 aliphatic carbocycles. The Morgan fingerprint density at radius 3 is 2.67 bits per heavy atom. The van der Waals surface area contributed by atoms with Crippen LogP contribution in [-0.2, 0) is 13.2 Å². The summed E-state index contributed by atoms with van der Waals surface area (Å²) in [4.78, 5) is 15.1. The van der Waals surface area contributed by atoms with Gasteiger partial charge in [-0.25, -0.2) is 0 Å². The topological polar surface area (TPSA) is 83.3 Å². The van der Waals surface area contributed by atoms with Crippen molar-refractivity contribution in [2.75, 3.05) is 26.9 Å². The van der Waals surface area contributed by atoms with Gasteiger partial charge in [-0.3, -0.25) is 4.79 Å². The van der Waals surface area contributed by atoms with Gasteiger partial charge in [0.15, 0.2) is 23.0 Å². The number of amides is 1. The van der Waals surface area contributed by atoms with Crippen LogP contribution in [0.2, 0.25) is 0 Å². The maximum Gasteiger partial charge on any atom is 0.254 e. The van der Waals surface area contributed by atoms with Gasteiger partial charge in [0.05, 0.1) is 18.4 Å². The van der Waals surface area contributed by atoms with Crippen molar-refractivity contribution in [2.24, 2.45) is 0 Å². The van der Waals surface area contributed by atoms with Crippen LogP contribution < -0.4 is 18.9 Å². The van der Waals surface area contributed by atoms with E-state index in [0.29, 0.717) is 67.2 Å². The first kappa shape index (κ1) is 22.5. The summed E-state index contributed by atoms with van der Waals surface area (Å²) in [6, 6.07) is 10.9. The Morgan fingerprint density at radius 2 is 1.94 bits per heavy atom. The smallest absolute Gasteiger partial charge is 0.254 e. The highest BCUT2D eigenvalue weighted by molar-refractivity contribution is 5.95. The third-order valence-corrected chi connectivity index (χ3v) is 5.64. The van der Waals surface area contributed by atoms with E-state index in [4.69, 9.17) is 23.5 Å². The van der Waals surface area contributed by atoms with Gasteiger partial charge >= 0.3 is 0 Å². The molecule has 1 amide bonds. The minimum atomic E-state index is -0.109. The van der Waals surface area contributed by atoms with Crippen LogP contribution in [-0.4, -0.2) is 42.8 Å². The minimum absolute atomic E-state index is 0.109. The molecule has 0 spiro atoms. The molecule has 2 heterocycles. The summed E-state index contributed by atoms with van der Waals surface area (Å²) in [5, 5.41) is 3.95. The zero-order valence-corrected chi connectivity index (χ0v) is 19.3. The fourth-order valence-electron chi connectivity index (χ4n) is 3.75. The monoisotopic (exact) mass is 452 g/mol. The molecule has 8 heteroatoms. The van der Waals surface area contributed by atoms with E-state index in [1.54, 1.807) is 30.2 Å². The average molecular weight is 453 g/mol. The summed E-state index contributed by atoms with van der Waals surface area (Å²) < 4.78 is 28.1. The summed E-state index contributed by atoms with van der Waals surface area (Å²) in [5.74, 6) is 3.05. The third kappa shape index (κ3) is 4.74. The number of methoxy groups -OCH3 is 1. The first-order chi connectivity index (χ1) is 16.0. The van der Waals surface area contributed by atoms with Crippen LogP contribution in [0.3, 0.4) is 0 Å². The van der Waals surface area contributed by atoms with Crippen LogP contribution in [0.5, 0.6) is 23.0 Å². The molecule has 0 saturated heterocycles. The second-order valence-electron chi connectivity index (χ2n) is 7.72. The highest BCUT2D eigenvalue weighted by atomic mass is 16.6. The first-order valence-corrected chi connectivity index (χ1v) is 10.9. The quantitative estimate of drug-likeness (QED) is 0.504. The van der Waals surface area contributed by atoms with E-state index in [1.165, 1.54) is 0 Å². The normalized spacial score (nSPS) is 12.4. The average Bonchev–Trinajstić information content (AvgIpc) is 3.17. The maximum absolute atomic E-state index is 13.3. The van der Waals surface area contributed by atoms with Crippen molar-refractivity contribution in [3.63, 3.8) is 0 Å². The lowest BCUT2D eigenvalue weighted by Crippen LogP contribution is -2.31. The largest absolute Gasteiger partial charge is 0.493 e. The lowest BCUT2D eigenvalue weighted by Gasteiger charge is -2.25. The number of ether oxygens (including phenoxy) is 4. The molecule has 33 heavy (non-hydrogen) atoms. The highest BCUT2D eigenvalue weighted by Gasteiger charge is 2.22. The third-order valence-electron chi connectivity index (χ3n) is 5.64. The molecule has 4 rings (SSSR count). The van der Waals surface area contributed by atoms with Crippen LogP contribution in [0.1, 0.15) is 39.9 Å². The van der Waals surface area contributed by atoms with E-state index in [-0.39, 0.29) is 5.91 Å². The number of carbonyl (C=O) groups is 1. The van der Waals surface area contributed by atoms with Gasteiger partial charge in [0, 0.05) is 24.2 Å². The van der Waals surface area contributed by atoms with Crippen molar-refractivity contribution in [1.29, 1.82) is 0 Å². The molecular weight excluding hydrogens is 424 g/mol. The Labute approximate surface area is 193 Å². The number of rotatable bonds is 8. The van der Waals surface area contributed by atoms with E-state index in [9.17, 15) is 4.79 Å². The van der Waals surface area contributed by atoms with E-state index < -0.39 is 0 Å². The predicted octanol–water partition coefficient (Wildman–Crippen LogP) is 4.31. The van der Waals surface area contributed by atoms with Crippen molar-refractivity contribution in [1.82, 2.24) is 10.1 Å². The molecule has 1 aromatic heterocycles. The van der Waals surface area contributed by atoms with Gasteiger partial charge in [-0.1, -0.05) is 17.3 Å². The highest BCUT2D eigenvalue weighted by Crippen LogP contribution is 2.35. The molecule has 0 saturated carbocycles. The van der Waals surface area contributed by atoms with Gasteiger partial charge in [0.25, 0.3) is 5.91 Å². The number of hydrogen-bond acceptors (Lipinski definition) is 7. The van der Waals surface area contributed by atoms with E-state index in [2.05, 4.69) is 5.16 Å². The maximum atomic E-state index is 13.3. The van der Waals surface area contributed by atoms with Crippen molar-refractivity contribution >= 4 is 5.91 Å². The molecule has 0 fully saturated rings. The summed E-state index contributed by atoms with van der Waals surface area (Å²) in [7, 11) is 1.55. The molecular formula is C25H28N2O6. The molecule has 0 unspecified atom stereocenters. The van der Waals surface area contributed by atoms with Crippen molar-refractivity contribution in [3.8, 4) is 23.0 Å². The molecule has 1 aliphatic heterocycles. The Bertz CT molecular complexity index is 1120. The fraction of sp³-hybridized carbons (Fsp3) is 0.360. The number of nitrogens with zero attached hydrogens (tertiary/aromatic N) is 2. The lowest BCUT2D eigenvalue weighted by molar-refractivity contribution is 0.0748. The molecule has 3 aromatic rings. The van der Waals surface area contributed by atoms with Gasteiger partial charge < -0.3 is 28.4 Å². The van der Waals surface area contributed by atoms with E-state index in [1.807, 2.05) is 39.0 Å². The van der Waals surface area contributed by atoms with Crippen LogP contribution in [0.25, 0.3) is 0 Å². The summed E-state index contributed by atoms with van der Waals surface area (Å²) in [5.41, 5.74) is 3.11. The molecule has 8 nitrogen and oxygen atoms in total. The number of aryl methyl sites for hydroxylation is 2. The zero-order chi connectivity index (χ0) is 23.4. The van der Waals surface area contributed by atoms with Crippen LogP contribution in [0.15, 0.2) is 40.9 Å². The standard InChI is InChI=1S/C25H28N2O6/c1-5-27(14-19-7-6-8-22-24(19)31-12-11-30-22)25(28)18-9-10-21(23(13-18)29-4)32-15-20-16(2)26-33-17(20)3/h6-10,13H,5,11-12,14-15H2,1-4H3. The molecule has 0 bridgehead atoms. The Hall–Kier alpha value is -3.68. The summed E-state index contributed by atoms with van der Waals surface area (Å²) in [6.45, 7) is 7.93. The van der Waals surface area contributed by atoms with Gasteiger partial charge in [-0.15, -0.1) is 0 Å². The van der Waals surface area contributed by atoms with E-state index in [0.717, 1.165) is 16.8 Å². The van der Waals surface area contributed by atoms with Gasteiger partial charge in [-0.2, -0.15) is 0 Å². The van der Waals surface area contributed by atoms with Gasteiger partial charge in [0.2, 0.25) is 0 Å². The molecule has 0 N–H and O–H groups in total. The van der Waals surface area contributed by atoms with Gasteiger partial charge in [-0.05, 0) is 45.0 Å². The Balaban J connectivity index is 1.51. The molecule has 1 aliphatic rings. The summed E-state index contributed by atoms with van der Waals surface area (Å²) >= 11 is 0. The van der Waals surface area contributed by atoms with Gasteiger partial charge in [0.1, 0.15) is 25.6 Å². The van der Waals surface area contributed by atoms with Crippen molar-refractivity contribution in [3.05, 3.63) is 64.5 Å². The minimum Gasteiger partial charge on any atom is -0.493 e. The molecule has 2 aromatic carbocycles. The van der Waals surface area contributed by atoms with Crippen LogP contribution in [0, 0.1) is 13.8 Å². The van der Waals surface area contributed by atoms with Crippen LogP contribution >= 0.6 is 0 Å². The first-order valence-electron chi connectivity index (χ1n) is 10.9. The number of carbonyl (C=O) groups excluding carboxylic acids is 1. The van der Waals surface area contributed by atoms with Crippen LogP contribution in [0.4, 0.5) is 0 Å². The molecule has 0 atom stereocenters. The van der Waals surface area contributed by atoms with Crippen molar-refractivity contribution in [2.45, 2.75) is 33.9 Å². The Morgan fingerprint density at radius 1 is 1.12 bits per heavy atom. The number of hydrogen-bond donors (Lipinski definition) is 0. The zero-order valence-electron chi connectivity index (χ0n) is 19.3. The number of fused-ring (bicyclic) bond motifs is 1. The molecule has 174 valence electrons. The number of aromatic nitrogens is 1. The number of para-hydroxylation sites is 1. The number of benzene rings is 2.